The van der Waals surface area contributed by atoms with E-state index in [-0.39, 0.29) is 12.1 Å². The van der Waals surface area contributed by atoms with Crippen LogP contribution >= 0.6 is 0 Å². The number of nitrogens with zero attached hydrogens (tertiary/aromatic N) is 1. The van der Waals surface area contributed by atoms with E-state index in [4.69, 9.17) is 4.74 Å². The smallest absolute Gasteiger partial charge is 0.444 e. The topological polar surface area (TPSA) is 60.5 Å². The van der Waals surface area contributed by atoms with Gasteiger partial charge in [0.05, 0.1) is 11.9 Å². The van der Waals surface area contributed by atoms with E-state index < -0.39 is 30.5 Å². The molecule has 1 amide bonds. The average Bonchev–Trinajstić information content (AvgIpc) is 2.58. The van der Waals surface area contributed by atoms with Gasteiger partial charge >= 0.3 is 12.5 Å². The molecular weight excluding hydrogens is 380 g/mol. The van der Waals surface area contributed by atoms with Crippen LogP contribution in [-0.4, -0.2) is 23.0 Å². The van der Waals surface area contributed by atoms with Gasteiger partial charge in [0.15, 0.2) is 5.75 Å². The first-order chi connectivity index (χ1) is 13.0. The summed E-state index contributed by atoms with van der Waals surface area (Å²) >= 11 is 0. The van der Waals surface area contributed by atoms with E-state index in [9.17, 15) is 22.4 Å². The summed E-state index contributed by atoms with van der Waals surface area (Å²) < 4.78 is 59.7. The lowest BCUT2D eigenvalue weighted by Crippen LogP contribution is -2.32. The van der Waals surface area contributed by atoms with Crippen LogP contribution in [0.15, 0.2) is 36.5 Å². The molecule has 1 N–H and O–H groups in total. The molecule has 0 saturated carbocycles. The minimum atomic E-state index is -4.91. The fourth-order valence-electron chi connectivity index (χ4n) is 2.24. The maximum absolute atomic E-state index is 12.7. The van der Waals surface area contributed by atoms with Gasteiger partial charge in [-0.3, -0.25) is 4.98 Å². The third kappa shape index (κ3) is 6.71. The molecule has 1 heterocycles. The predicted octanol–water partition coefficient (Wildman–Crippen LogP) is 5.14. The molecular formula is C19H20F4N2O3. The van der Waals surface area contributed by atoms with Gasteiger partial charge in [0.2, 0.25) is 0 Å². The molecule has 0 atom stereocenters. The summed E-state index contributed by atoms with van der Waals surface area (Å²) in [7, 11) is 0. The molecule has 0 saturated heterocycles. The first-order valence-electron chi connectivity index (χ1n) is 8.33. The maximum Gasteiger partial charge on any atom is 0.573 e. The van der Waals surface area contributed by atoms with Crippen LogP contribution in [0.4, 0.5) is 22.4 Å². The van der Waals surface area contributed by atoms with Crippen molar-refractivity contribution in [1.29, 1.82) is 0 Å². The Bertz CT molecular complexity index is 815. The van der Waals surface area contributed by atoms with Crippen LogP contribution in [0.25, 0.3) is 11.3 Å². The van der Waals surface area contributed by atoms with Crippen LogP contribution in [0, 0.1) is 0 Å². The molecule has 5 nitrogen and oxygen atoms in total. The van der Waals surface area contributed by atoms with Crippen molar-refractivity contribution in [2.45, 2.75) is 46.0 Å². The number of amides is 1. The summed E-state index contributed by atoms with van der Waals surface area (Å²) in [5.41, 5.74) is 0.697. The number of hydrogen-bond donors (Lipinski definition) is 1. The Balaban J connectivity index is 2.28. The lowest BCUT2D eigenvalue weighted by atomic mass is 10.1. The summed E-state index contributed by atoms with van der Waals surface area (Å²) in [5, 5.41) is 2.39. The first-order valence-corrected chi connectivity index (χ1v) is 8.33. The number of halogens is 4. The fraction of sp³-hybridized carbons (Fsp3) is 0.368. The highest BCUT2D eigenvalue weighted by molar-refractivity contribution is 5.68. The Kier molecular flexibility index (Phi) is 6.48. The van der Waals surface area contributed by atoms with Crippen molar-refractivity contribution >= 4 is 6.09 Å². The molecule has 0 spiro atoms. The SMILES string of the molecule is CC(C)(C)OC(=O)NCc1cc(-c2ccc(CF)cc2)ncc1OC(F)(F)F. The molecule has 0 radical (unpaired) electrons. The van der Waals surface area contributed by atoms with Crippen molar-refractivity contribution in [1.82, 2.24) is 10.3 Å². The Hall–Kier alpha value is -2.84. The summed E-state index contributed by atoms with van der Waals surface area (Å²) in [5.74, 6) is -0.535. The number of alkyl halides is 4. The number of aromatic nitrogens is 1. The van der Waals surface area contributed by atoms with Crippen molar-refractivity contribution in [2.75, 3.05) is 0 Å². The average molecular weight is 400 g/mol. The van der Waals surface area contributed by atoms with Crippen LogP contribution in [0.3, 0.4) is 0 Å². The Labute approximate surface area is 159 Å². The molecule has 0 aliphatic carbocycles. The van der Waals surface area contributed by atoms with Crippen LogP contribution in [0.2, 0.25) is 0 Å². The highest BCUT2D eigenvalue weighted by Crippen LogP contribution is 2.29. The van der Waals surface area contributed by atoms with Gasteiger partial charge in [-0.05, 0) is 32.4 Å². The molecule has 152 valence electrons. The monoisotopic (exact) mass is 400 g/mol. The fourth-order valence-corrected chi connectivity index (χ4v) is 2.24. The molecule has 2 aromatic rings. The molecule has 0 fully saturated rings. The maximum atomic E-state index is 12.7. The van der Waals surface area contributed by atoms with E-state index in [1.54, 1.807) is 45.0 Å². The molecule has 2 rings (SSSR count). The van der Waals surface area contributed by atoms with E-state index in [2.05, 4.69) is 15.0 Å². The molecule has 1 aromatic heterocycles. The van der Waals surface area contributed by atoms with Crippen LogP contribution in [-0.2, 0) is 18.0 Å². The van der Waals surface area contributed by atoms with Gasteiger partial charge in [0, 0.05) is 17.7 Å². The molecule has 0 unspecified atom stereocenters. The van der Waals surface area contributed by atoms with E-state index in [0.717, 1.165) is 6.20 Å². The zero-order valence-electron chi connectivity index (χ0n) is 15.6. The number of rotatable bonds is 5. The van der Waals surface area contributed by atoms with Crippen LogP contribution in [0.1, 0.15) is 31.9 Å². The van der Waals surface area contributed by atoms with Gasteiger partial charge in [-0.15, -0.1) is 13.2 Å². The predicted molar refractivity (Wildman–Crippen MR) is 94.2 cm³/mol. The zero-order valence-corrected chi connectivity index (χ0v) is 15.6. The van der Waals surface area contributed by atoms with Gasteiger partial charge in [-0.2, -0.15) is 0 Å². The summed E-state index contributed by atoms with van der Waals surface area (Å²) in [6.45, 7) is 4.10. The highest BCUT2D eigenvalue weighted by Gasteiger charge is 2.32. The number of alkyl carbamates (subject to hydrolysis) is 1. The van der Waals surface area contributed by atoms with E-state index in [1.807, 2.05) is 0 Å². The number of nitrogens with one attached hydrogen (secondary N) is 1. The van der Waals surface area contributed by atoms with Gasteiger partial charge in [-0.25, -0.2) is 9.18 Å². The van der Waals surface area contributed by atoms with E-state index in [1.165, 1.54) is 6.07 Å². The zero-order chi connectivity index (χ0) is 20.9. The van der Waals surface area contributed by atoms with Crippen molar-refractivity contribution in [3.63, 3.8) is 0 Å². The molecule has 9 heteroatoms. The van der Waals surface area contributed by atoms with E-state index in [0.29, 0.717) is 16.8 Å². The summed E-state index contributed by atoms with van der Waals surface area (Å²) in [4.78, 5) is 15.8. The van der Waals surface area contributed by atoms with Crippen molar-refractivity contribution in [3.8, 4) is 17.0 Å². The summed E-state index contributed by atoms with van der Waals surface area (Å²) in [6.07, 6.45) is -4.76. The summed E-state index contributed by atoms with van der Waals surface area (Å²) in [6, 6.07) is 7.67. The number of ether oxygens (including phenoxy) is 2. The van der Waals surface area contributed by atoms with Crippen molar-refractivity contribution < 1.29 is 31.8 Å². The molecule has 1 aromatic carbocycles. The Morgan fingerprint density at radius 3 is 2.32 bits per heavy atom. The van der Waals surface area contributed by atoms with Crippen LogP contribution < -0.4 is 10.1 Å². The van der Waals surface area contributed by atoms with Crippen molar-refractivity contribution in [3.05, 3.63) is 47.7 Å². The molecule has 0 bridgehead atoms. The lowest BCUT2D eigenvalue weighted by molar-refractivity contribution is -0.275. The third-order valence-electron chi connectivity index (χ3n) is 3.40. The second-order valence-electron chi connectivity index (χ2n) is 6.91. The second kappa shape index (κ2) is 8.45. The van der Waals surface area contributed by atoms with Gasteiger partial charge in [-0.1, -0.05) is 24.3 Å². The largest absolute Gasteiger partial charge is 0.573 e. The first kappa shape index (κ1) is 21.5. The minimum Gasteiger partial charge on any atom is -0.444 e. The number of pyridine rings is 1. The van der Waals surface area contributed by atoms with Crippen molar-refractivity contribution in [2.24, 2.45) is 0 Å². The van der Waals surface area contributed by atoms with E-state index >= 15 is 0 Å². The number of hydrogen-bond acceptors (Lipinski definition) is 4. The normalized spacial score (nSPS) is 11.8. The Morgan fingerprint density at radius 1 is 1.14 bits per heavy atom. The third-order valence-corrected chi connectivity index (χ3v) is 3.40. The van der Waals surface area contributed by atoms with Gasteiger partial charge < -0.3 is 14.8 Å². The molecule has 0 aliphatic rings. The number of benzene rings is 1. The molecule has 28 heavy (non-hydrogen) atoms. The quantitative estimate of drug-likeness (QED) is 0.706. The lowest BCUT2D eigenvalue weighted by Gasteiger charge is -2.20. The van der Waals surface area contributed by atoms with Gasteiger partial charge in [0.1, 0.15) is 12.3 Å². The Morgan fingerprint density at radius 2 is 1.79 bits per heavy atom. The second-order valence-corrected chi connectivity index (χ2v) is 6.91. The number of carbonyl (C=O) groups excluding carboxylic acids is 1. The standard InChI is InChI=1S/C19H20F4N2O3/c1-18(2,3)28-17(26)25-10-14-8-15(13-6-4-12(9-20)5-7-13)24-11-16(14)27-19(21,22)23/h4-8,11H,9-10H2,1-3H3,(H,25,26). The van der Waals surface area contributed by atoms with Gasteiger partial charge in [0.25, 0.3) is 0 Å². The number of carbonyl (C=O) groups is 1. The van der Waals surface area contributed by atoms with Crippen LogP contribution in [0.5, 0.6) is 5.75 Å². The molecule has 0 aliphatic heterocycles. The highest BCUT2D eigenvalue weighted by atomic mass is 19.4. The minimum absolute atomic E-state index is 0.0581.